The zero-order valence-corrected chi connectivity index (χ0v) is 10.8. The minimum absolute atomic E-state index is 0.226. The Balaban J connectivity index is 2.24. The first kappa shape index (κ1) is 14.0. The van der Waals surface area contributed by atoms with Crippen LogP contribution in [0.15, 0.2) is 24.3 Å². The number of rotatable bonds is 8. The highest BCUT2D eigenvalue weighted by Crippen LogP contribution is 2.13. The van der Waals surface area contributed by atoms with Crippen molar-refractivity contribution >= 4 is 0 Å². The first-order valence-corrected chi connectivity index (χ1v) is 6.22. The topological polar surface area (TPSA) is 44.5 Å². The largest absolute Gasteiger partial charge is 0.497 e. The molecule has 1 aromatic rings. The van der Waals surface area contributed by atoms with E-state index in [2.05, 4.69) is 12.1 Å². The molecule has 0 aliphatic rings. The molecule has 2 N–H and O–H groups in total. The van der Waals surface area contributed by atoms with Gasteiger partial charge in [-0.15, -0.1) is 0 Å². The number of hydrogen-bond donors (Lipinski definition) is 1. The smallest absolute Gasteiger partial charge is 0.118 e. The minimum Gasteiger partial charge on any atom is -0.497 e. The van der Waals surface area contributed by atoms with Gasteiger partial charge in [-0.05, 0) is 43.9 Å². The Hall–Kier alpha value is -1.06. The van der Waals surface area contributed by atoms with Crippen LogP contribution in [-0.4, -0.2) is 26.4 Å². The molecule has 0 fully saturated rings. The number of benzene rings is 1. The molecule has 3 nitrogen and oxygen atoms in total. The van der Waals surface area contributed by atoms with Gasteiger partial charge in [0.25, 0.3) is 0 Å². The monoisotopic (exact) mass is 237 g/mol. The third kappa shape index (κ3) is 5.71. The van der Waals surface area contributed by atoms with Crippen LogP contribution in [0.4, 0.5) is 0 Å². The highest BCUT2D eigenvalue weighted by atomic mass is 16.5. The lowest BCUT2D eigenvalue weighted by Gasteiger charge is -2.11. The number of hydrogen-bond acceptors (Lipinski definition) is 3. The molecule has 0 saturated heterocycles. The van der Waals surface area contributed by atoms with Crippen LogP contribution in [0, 0.1) is 0 Å². The molecule has 0 heterocycles. The summed E-state index contributed by atoms with van der Waals surface area (Å²) in [5.41, 5.74) is 7.32. The molecule has 0 radical (unpaired) electrons. The fourth-order valence-electron chi connectivity index (χ4n) is 1.67. The van der Waals surface area contributed by atoms with E-state index in [9.17, 15) is 0 Å². The summed E-state index contributed by atoms with van der Waals surface area (Å²) >= 11 is 0. The molecule has 0 spiro atoms. The first-order valence-electron chi connectivity index (χ1n) is 6.22. The molecule has 1 unspecified atom stereocenters. The van der Waals surface area contributed by atoms with Crippen LogP contribution >= 0.6 is 0 Å². The van der Waals surface area contributed by atoms with Crippen LogP contribution in [0.3, 0.4) is 0 Å². The van der Waals surface area contributed by atoms with E-state index in [4.69, 9.17) is 15.2 Å². The molecule has 0 aliphatic carbocycles. The fraction of sp³-hybridized carbons (Fsp3) is 0.571. The van der Waals surface area contributed by atoms with Crippen molar-refractivity contribution in [3.05, 3.63) is 29.8 Å². The molecule has 96 valence electrons. The van der Waals surface area contributed by atoms with Crippen LogP contribution in [-0.2, 0) is 11.2 Å². The van der Waals surface area contributed by atoms with Crippen molar-refractivity contribution in [1.82, 2.24) is 0 Å². The molecule has 0 amide bonds. The van der Waals surface area contributed by atoms with Gasteiger partial charge in [0.05, 0.1) is 7.11 Å². The highest BCUT2D eigenvalue weighted by Gasteiger charge is 2.03. The highest BCUT2D eigenvalue weighted by molar-refractivity contribution is 5.27. The van der Waals surface area contributed by atoms with E-state index < -0.39 is 0 Å². The van der Waals surface area contributed by atoms with Crippen molar-refractivity contribution in [2.24, 2.45) is 5.73 Å². The molecule has 0 aromatic heterocycles. The standard InChI is InChI=1S/C14H23NO2/c1-3-17-11-10-13(15)7-4-12-5-8-14(16-2)9-6-12/h5-6,8-9,13H,3-4,7,10-11,15H2,1-2H3. The summed E-state index contributed by atoms with van der Waals surface area (Å²) in [4.78, 5) is 0. The van der Waals surface area contributed by atoms with Crippen molar-refractivity contribution in [3.8, 4) is 5.75 Å². The average molecular weight is 237 g/mol. The number of aryl methyl sites for hydroxylation is 1. The molecular formula is C14H23NO2. The molecule has 17 heavy (non-hydrogen) atoms. The summed E-state index contributed by atoms with van der Waals surface area (Å²) < 4.78 is 10.4. The fourth-order valence-corrected chi connectivity index (χ4v) is 1.67. The molecule has 0 bridgehead atoms. The van der Waals surface area contributed by atoms with E-state index in [1.807, 2.05) is 19.1 Å². The average Bonchev–Trinajstić information content (AvgIpc) is 2.37. The lowest BCUT2D eigenvalue weighted by molar-refractivity contribution is 0.139. The van der Waals surface area contributed by atoms with Crippen LogP contribution in [0.2, 0.25) is 0 Å². The first-order chi connectivity index (χ1) is 8.26. The molecule has 0 saturated carbocycles. The van der Waals surface area contributed by atoms with E-state index in [0.29, 0.717) is 0 Å². The quantitative estimate of drug-likeness (QED) is 0.706. The van der Waals surface area contributed by atoms with Gasteiger partial charge in [-0.25, -0.2) is 0 Å². The number of ether oxygens (including phenoxy) is 2. The zero-order chi connectivity index (χ0) is 12.5. The van der Waals surface area contributed by atoms with Crippen molar-refractivity contribution < 1.29 is 9.47 Å². The van der Waals surface area contributed by atoms with Crippen LogP contribution in [0.25, 0.3) is 0 Å². The van der Waals surface area contributed by atoms with Gasteiger partial charge in [0, 0.05) is 19.3 Å². The van der Waals surface area contributed by atoms with Gasteiger partial charge in [0.1, 0.15) is 5.75 Å². The minimum atomic E-state index is 0.226. The van der Waals surface area contributed by atoms with E-state index in [0.717, 1.165) is 38.2 Å². The molecule has 1 aromatic carbocycles. The van der Waals surface area contributed by atoms with E-state index >= 15 is 0 Å². The van der Waals surface area contributed by atoms with Gasteiger partial charge < -0.3 is 15.2 Å². The normalized spacial score (nSPS) is 12.4. The van der Waals surface area contributed by atoms with Crippen LogP contribution in [0.1, 0.15) is 25.3 Å². The van der Waals surface area contributed by atoms with E-state index in [1.165, 1.54) is 5.56 Å². The molecule has 1 rings (SSSR count). The van der Waals surface area contributed by atoms with Gasteiger partial charge >= 0.3 is 0 Å². The Bertz CT molecular complexity index is 298. The molecule has 3 heteroatoms. The van der Waals surface area contributed by atoms with E-state index in [1.54, 1.807) is 7.11 Å². The maximum absolute atomic E-state index is 6.01. The summed E-state index contributed by atoms with van der Waals surface area (Å²) in [6.45, 7) is 3.54. The lowest BCUT2D eigenvalue weighted by Crippen LogP contribution is -2.22. The van der Waals surface area contributed by atoms with Crippen molar-refractivity contribution in [2.75, 3.05) is 20.3 Å². The third-order valence-electron chi connectivity index (χ3n) is 2.80. The summed E-state index contributed by atoms with van der Waals surface area (Å²) in [5.74, 6) is 0.898. The summed E-state index contributed by atoms with van der Waals surface area (Å²) in [5, 5.41) is 0. The second kappa shape index (κ2) is 8.09. The second-order valence-corrected chi connectivity index (χ2v) is 4.13. The molecular weight excluding hydrogens is 214 g/mol. The van der Waals surface area contributed by atoms with Gasteiger partial charge in [-0.3, -0.25) is 0 Å². The number of nitrogens with two attached hydrogens (primary N) is 1. The van der Waals surface area contributed by atoms with Gasteiger partial charge in [0.2, 0.25) is 0 Å². The molecule has 1 atom stereocenters. The Labute approximate surface area is 104 Å². The summed E-state index contributed by atoms with van der Waals surface area (Å²) in [7, 11) is 1.68. The lowest BCUT2D eigenvalue weighted by atomic mass is 10.0. The van der Waals surface area contributed by atoms with Crippen molar-refractivity contribution in [2.45, 2.75) is 32.2 Å². The van der Waals surface area contributed by atoms with E-state index in [-0.39, 0.29) is 6.04 Å². The van der Waals surface area contributed by atoms with Crippen LogP contribution in [0.5, 0.6) is 5.75 Å². The maximum atomic E-state index is 6.01. The predicted octanol–water partition coefficient (Wildman–Crippen LogP) is 2.38. The molecule has 0 aliphatic heterocycles. The van der Waals surface area contributed by atoms with Gasteiger partial charge in [0.15, 0.2) is 0 Å². The Morgan fingerprint density at radius 3 is 2.47 bits per heavy atom. The van der Waals surface area contributed by atoms with Gasteiger partial charge in [-0.2, -0.15) is 0 Å². The second-order valence-electron chi connectivity index (χ2n) is 4.13. The number of methoxy groups -OCH3 is 1. The summed E-state index contributed by atoms with van der Waals surface area (Å²) in [6.07, 6.45) is 2.95. The maximum Gasteiger partial charge on any atom is 0.118 e. The zero-order valence-electron chi connectivity index (χ0n) is 10.8. The third-order valence-corrected chi connectivity index (χ3v) is 2.80. The summed E-state index contributed by atoms with van der Waals surface area (Å²) in [6, 6.07) is 8.38. The van der Waals surface area contributed by atoms with Gasteiger partial charge in [-0.1, -0.05) is 12.1 Å². The predicted molar refractivity (Wildman–Crippen MR) is 70.4 cm³/mol. The SMILES string of the molecule is CCOCCC(N)CCc1ccc(OC)cc1. The Morgan fingerprint density at radius 1 is 1.18 bits per heavy atom. The Kier molecular flexibility index (Phi) is 6.67. The Morgan fingerprint density at radius 2 is 1.88 bits per heavy atom. The van der Waals surface area contributed by atoms with Crippen molar-refractivity contribution in [1.29, 1.82) is 0 Å². The van der Waals surface area contributed by atoms with Crippen LogP contribution < -0.4 is 10.5 Å². The van der Waals surface area contributed by atoms with Crippen molar-refractivity contribution in [3.63, 3.8) is 0 Å².